The number of hydrogen-bond donors (Lipinski definition) is 0. The first-order valence-electron chi connectivity index (χ1n) is 6.30. The topological polar surface area (TPSA) is 61.6 Å². The average molecular weight is 346 g/mol. The van der Waals surface area contributed by atoms with Gasteiger partial charge in [-0.15, -0.1) is 0 Å². The summed E-state index contributed by atoms with van der Waals surface area (Å²) in [7, 11) is 1.41. The summed E-state index contributed by atoms with van der Waals surface area (Å²) in [6.45, 7) is 6.91. The standard InChI is InChI=1S/C14H20BrNO4/c1-14(2,3)10(8-15)9-20-11-5-6-13(19-4)12(7-11)16(17)18/h5-7,10H,8-9H2,1-4H3. The molecule has 1 atom stereocenters. The first-order chi connectivity index (χ1) is 9.29. The van der Waals surface area contributed by atoms with Crippen LogP contribution in [0.25, 0.3) is 0 Å². The van der Waals surface area contributed by atoms with Crippen LogP contribution in [0.3, 0.4) is 0 Å². The third-order valence-electron chi connectivity index (χ3n) is 3.21. The summed E-state index contributed by atoms with van der Waals surface area (Å²) < 4.78 is 10.6. The number of ether oxygens (including phenoxy) is 2. The number of alkyl halides is 1. The lowest BCUT2D eigenvalue weighted by Gasteiger charge is -2.28. The maximum atomic E-state index is 10.9. The van der Waals surface area contributed by atoms with Gasteiger partial charge in [-0.25, -0.2) is 0 Å². The third kappa shape index (κ3) is 4.37. The molecule has 0 aromatic heterocycles. The molecule has 0 amide bonds. The number of nitrogens with zero attached hydrogens (tertiary/aromatic N) is 1. The van der Waals surface area contributed by atoms with E-state index in [0.29, 0.717) is 18.3 Å². The largest absolute Gasteiger partial charge is 0.493 e. The summed E-state index contributed by atoms with van der Waals surface area (Å²) >= 11 is 3.48. The number of benzene rings is 1. The number of hydrogen-bond acceptors (Lipinski definition) is 4. The minimum atomic E-state index is -0.475. The van der Waals surface area contributed by atoms with Crippen molar-refractivity contribution in [3.05, 3.63) is 28.3 Å². The van der Waals surface area contributed by atoms with E-state index in [1.807, 2.05) is 0 Å². The smallest absolute Gasteiger partial charge is 0.314 e. The molecule has 0 saturated carbocycles. The predicted molar refractivity (Wildman–Crippen MR) is 81.9 cm³/mol. The lowest BCUT2D eigenvalue weighted by atomic mass is 9.83. The highest BCUT2D eigenvalue weighted by Crippen LogP contribution is 2.32. The quantitative estimate of drug-likeness (QED) is 0.443. The molecular formula is C14H20BrNO4. The molecule has 0 spiro atoms. The third-order valence-corrected chi connectivity index (χ3v) is 3.99. The highest BCUT2D eigenvalue weighted by atomic mass is 79.9. The fourth-order valence-electron chi connectivity index (χ4n) is 1.63. The zero-order chi connectivity index (χ0) is 15.3. The second-order valence-corrected chi connectivity index (χ2v) is 6.27. The molecule has 1 rings (SSSR count). The molecule has 0 fully saturated rings. The van der Waals surface area contributed by atoms with Crippen LogP contribution < -0.4 is 9.47 Å². The molecule has 5 nitrogen and oxygen atoms in total. The minimum absolute atomic E-state index is 0.0869. The van der Waals surface area contributed by atoms with Crippen molar-refractivity contribution in [1.29, 1.82) is 0 Å². The van der Waals surface area contributed by atoms with Gasteiger partial charge in [0.1, 0.15) is 5.75 Å². The number of rotatable bonds is 6. The van der Waals surface area contributed by atoms with Gasteiger partial charge in [-0.2, -0.15) is 0 Å². The fraction of sp³-hybridized carbons (Fsp3) is 0.571. The van der Waals surface area contributed by atoms with Crippen LogP contribution >= 0.6 is 15.9 Å². The molecule has 0 saturated heterocycles. The van der Waals surface area contributed by atoms with Crippen LogP contribution in [0.15, 0.2) is 18.2 Å². The Morgan fingerprint density at radius 2 is 2.05 bits per heavy atom. The van der Waals surface area contributed by atoms with E-state index in [2.05, 4.69) is 36.7 Å². The molecule has 1 unspecified atom stereocenters. The molecule has 1 aromatic carbocycles. The number of nitro benzene ring substituents is 1. The molecule has 20 heavy (non-hydrogen) atoms. The van der Waals surface area contributed by atoms with Gasteiger partial charge >= 0.3 is 5.69 Å². The van der Waals surface area contributed by atoms with Gasteiger partial charge in [0.2, 0.25) is 0 Å². The van der Waals surface area contributed by atoms with Crippen molar-refractivity contribution in [2.24, 2.45) is 11.3 Å². The summed E-state index contributed by atoms with van der Waals surface area (Å²) in [5.74, 6) is 1.02. The summed E-state index contributed by atoms with van der Waals surface area (Å²) in [6.07, 6.45) is 0. The monoisotopic (exact) mass is 345 g/mol. The maximum absolute atomic E-state index is 10.9. The van der Waals surface area contributed by atoms with Crippen molar-refractivity contribution in [3.63, 3.8) is 0 Å². The van der Waals surface area contributed by atoms with E-state index in [1.54, 1.807) is 12.1 Å². The van der Waals surface area contributed by atoms with Crippen molar-refractivity contribution in [2.45, 2.75) is 20.8 Å². The lowest BCUT2D eigenvalue weighted by Crippen LogP contribution is -2.27. The molecule has 1 aromatic rings. The Morgan fingerprint density at radius 3 is 2.50 bits per heavy atom. The normalized spacial score (nSPS) is 12.8. The van der Waals surface area contributed by atoms with Gasteiger partial charge in [0, 0.05) is 11.2 Å². The Bertz CT molecular complexity index is 471. The van der Waals surface area contributed by atoms with Crippen LogP contribution in [0.5, 0.6) is 11.5 Å². The van der Waals surface area contributed by atoms with Gasteiger partial charge in [-0.3, -0.25) is 10.1 Å². The lowest BCUT2D eigenvalue weighted by molar-refractivity contribution is -0.385. The zero-order valence-corrected chi connectivity index (χ0v) is 13.8. The van der Waals surface area contributed by atoms with E-state index >= 15 is 0 Å². The molecule has 0 radical (unpaired) electrons. The first kappa shape index (κ1) is 16.8. The van der Waals surface area contributed by atoms with Crippen LogP contribution in [0.1, 0.15) is 20.8 Å². The van der Waals surface area contributed by atoms with Gasteiger partial charge in [0.25, 0.3) is 0 Å². The number of halogens is 1. The fourth-order valence-corrected chi connectivity index (χ4v) is 2.78. The molecule has 0 aliphatic heterocycles. The second kappa shape index (κ2) is 6.92. The Hall–Kier alpha value is -1.30. The number of nitro groups is 1. The van der Waals surface area contributed by atoms with Gasteiger partial charge < -0.3 is 9.47 Å². The van der Waals surface area contributed by atoms with Gasteiger partial charge in [-0.05, 0) is 17.5 Å². The van der Waals surface area contributed by atoms with E-state index in [4.69, 9.17) is 9.47 Å². The van der Waals surface area contributed by atoms with Crippen LogP contribution in [0, 0.1) is 21.4 Å². The minimum Gasteiger partial charge on any atom is -0.493 e. The Balaban J connectivity index is 2.83. The van der Waals surface area contributed by atoms with Gasteiger partial charge in [0.05, 0.1) is 24.7 Å². The average Bonchev–Trinajstić information content (AvgIpc) is 2.37. The van der Waals surface area contributed by atoms with Gasteiger partial charge in [-0.1, -0.05) is 36.7 Å². The maximum Gasteiger partial charge on any atom is 0.314 e. The molecule has 112 valence electrons. The molecule has 0 bridgehead atoms. The van der Waals surface area contributed by atoms with E-state index in [9.17, 15) is 10.1 Å². The van der Waals surface area contributed by atoms with Gasteiger partial charge in [0.15, 0.2) is 5.75 Å². The van der Waals surface area contributed by atoms with Crippen LogP contribution in [0.4, 0.5) is 5.69 Å². The summed E-state index contributed by atoms with van der Waals surface area (Å²) in [6, 6.07) is 4.63. The summed E-state index contributed by atoms with van der Waals surface area (Å²) in [5.41, 5.74) is 0.0122. The van der Waals surface area contributed by atoms with E-state index in [0.717, 1.165) is 5.33 Å². The second-order valence-electron chi connectivity index (χ2n) is 5.62. The van der Waals surface area contributed by atoms with Crippen molar-refractivity contribution < 1.29 is 14.4 Å². The van der Waals surface area contributed by atoms with Crippen molar-refractivity contribution in [1.82, 2.24) is 0 Å². The zero-order valence-electron chi connectivity index (χ0n) is 12.2. The molecule has 0 N–H and O–H groups in total. The van der Waals surface area contributed by atoms with E-state index in [-0.39, 0.29) is 16.9 Å². The Morgan fingerprint density at radius 1 is 1.40 bits per heavy atom. The van der Waals surface area contributed by atoms with Crippen LogP contribution in [0.2, 0.25) is 0 Å². The van der Waals surface area contributed by atoms with Crippen molar-refractivity contribution in [3.8, 4) is 11.5 Å². The van der Waals surface area contributed by atoms with E-state index < -0.39 is 4.92 Å². The van der Waals surface area contributed by atoms with Crippen LogP contribution in [-0.2, 0) is 0 Å². The Kier molecular flexibility index (Phi) is 5.80. The summed E-state index contributed by atoms with van der Waals surface area (Å²) in [4.78, 5) is 10.5. The predicted octanol–water partition coefficient (Wildman–Crippen LogP) is 4.04. The number of methoxy groups -OCH3 is 1. The molecule has 0 aliphatic rings. The molecule has 0 heterocycles. The van der Waals surface area contributed by atoms with Crippen molar-refractivity contribution in [2.75, 3.05) is 19.0 Å². The highest BCUT2D eigenvalue weighted by molar-refractivity contribution is 9.09. The summed E-state index contributed by atoms with van der Waals surface area (Å²) in [5, 5.41) is 11.8. The van der Waals surface area contributed by atoms with Crippen molar-refractivity contribution >= 4 is 21.6 Å². The molecule has 0 aliphatic carbocycles. The van der Waals surface area contributed by atoms with Crippen LogP contribution in [-0.4, -0.2) is 24.0 Å². The Labute approximate surface area is 127 Å². The SMILES string of the molecule is COc1ccc(OCC(CBr)C(C)(C)C)cc1[N+](=O)[O-]. The van der Waals surface area contributed by atoms with E-state index in [1.165, 1.54) is 13.2 Å². The molecular weight excluding hydrogens is 326 g/mol. The highest BCUT2D eigenvalue weighted by Gasteiger charge is 2.24. The molecule has 6 heteroatoms. The first-order valence-corrected chi connectivity index (χ1v) is 7.43.